The summed E-state index contributed by atoms with van der Waals surface area (Å²) in [6.45, 7) is 7.69. The largest absolute Gasteiger partial charge is 0.508 e. The molecule has 12 atom stereocenters. The normalized spacial score (nSPS) is 26.9. The summed E-state index contributed by atoms with van der Waals surface area (Å²) in [5.41, 5.74) is 12.5. The number of phenols is 3. The quantitative estimate of drug-likeness (QED) is 0.0239. The lowest BCUT2D eigenvalue weighted by Crippen LogP contribution is -2.65. The van der Waals surface area contributed by atoms with E-state index in [0.717, 1.165) is 61.5 Å². The van der Waals surface area contributed by atoms with Gasteiger partial charge in [-0.2, -0.15) is 0 Å². The minimum atomic E-state index is -2.70. The SMILES string of the molecule is CN(C)CCCOC(=O)/C=C/c1ccc(O)c2c1C[C@H]1C[C@H]3[C@H](N(C)C)C(=O)C(C(N)=O)=C(O)[C@@]3(O)C(=O)C1=C2O.CN(C)[C@@H]1C(=O)C(C(N)=O)=C(O)[C@@]2(O)C(=O)C3=C(O)c4c(O)ccc(-c5ccc(CN6CCCC6)cc5)c4C[C@H]3C[C@@H]12.COc1ccc(CN2CCOCC2)cc1-c1ccc(O)c2c1C[C@H]1C[C@H]3[C@H](N(C)C)C(=O)C(C(N)=O)=C(O)[C@@]3(O)C(=O)C1=C2O. The first kappa shape index (κ1) is 92.0. The van der Waals surface area contributed by atoms with E-state index < -0.39 is 180 Å². The number of nitrogens with two attached hydrogens (primary N) is 3. The number of Topliss-reactive ketones (excluding diaryl/α,β-unsaturated/α-hetero) is 6. The summed E-state index contributed by atoms with van der Waals surface area (Å²) in [5, 5.41) is 135. The molecule has 34 nitrogen and oxygen atoms in total. The number of hydrogen-bond donors (Lipinski definition) is 15. The first-order valence-corrected chi connectivity index (χ1v) is 42.3. The van der Waals surface area contributed by atoms with E-state index in [-0.39, 0.29) is 95.8 Å². The fraction of sp³-hybridized carbons (Fsp3) is 0.426. The van der Waals surface area contributed by atoms with Crippen LogP contribution in [0.5, 0.6) is 23.0 Å². The number of aliphatic hydroxyl groups excluding tert-OH is 6. The highest BCUT2D eigenvalue weighted by atomic mass is 16.5. The average molecular weight is 1760 g/mol. The first-order chi connectivity index (χ1) is 60.5. The zero-order valence-electron chi connectivity index (χ0n) is 72.4. The second-order valence-electron chi connectivity index (χ2n) is 35.6. The van der Waals surface area contributed by atoms with Crippen molar-refractivity contribution in [2.75, 3.05) is 116 Å². The van der Waals surface area contributed by atoms with E-state index in [1.54, 1.807) is 53.5 Å². The molecule has 5 aromatic carbocycles. The van der Waals surface area contributed by atoms with Crippen LogP contribution in [-0.2, 0) is 89.8 Å². The van der Waals surface area contributed by atoms with Crippen LogP contribution < -0.4 is 21.9 Å². The topological polar surface area (TPSA) is 539 Å². The number of phenolic OH excluding ortho intramolecular Hbond substituents is 3. The van der Waals surface area contributed by atoms with Crippen molar-refractivity contribution in [1.82, 2.24) is 29.4 Å². The van der Waals surface area contributed by atoms with Crippen LogP contribution in [0.2, 0.25) is 0 Å². The molecule has 0 aromatic heterocycles. The van der Waals surface area contributed by atoms with Crippen LogP contribution in [0.3, 0.4) is 0 Å². The third-order valence-electron chi connectivity index (χ3n) is 27.2. The number of nitrogens with zero attached hydrogens (tertiary/aromatic N) is 6. The Balaban J connectivity index is 0.000000156. The standard InChI is InChI=1S/C33H37N3O9.C32H35N3O7.C29H35N3O9/c1-35(2)27-21-14-17-13-20-18(19-12-16(4-7-23(19)44-3)15-36-8-10-45-11-9-36)5-6-22(37)25(20)28(38)24(17)30(40)33(21,43)31(41)26(29(27)39)32(34)42;1-34(2)26-21-14-18-13-20-19(17-7-5-16(6-8-17)15-35-11-3-4-12-35)9-10-22(36)24(20)27(37)23(18)29(39)32(21,42)30(40)25(28(26)38)31(33)41;1-31(2)10-5-11-41-19(34)9-7-14-6-8-18(33)21-16(14)12-15-13-17-23(32(3)4)25(36)22(28(30)39)27(38)29(17,40)26(37)20(15)24(21)35/h4-7,12,17,21,27,37-38,41,43H,8-11,13-15H2,1-3H3,(H2,34,42);5-10,18,21,26,36-37,40,42H,3-4,11-15H2,1-2H3,(H2,33,41);6-9,15,17,23,33,35,38,40H,5,10-13H2,1-4H3,(H2,30,39)/b;;9-7+/t17-,21-,27-,33-;18-,21-,26-,32-;15-,17-,23-,29-/m000/s1. The monoisotopic (exact) mass is 1760 g/mol. The van der Waals surface area contributed by atoms with Crippen LogP contribution in [0.15, 0.2) is 136 Å². The number of rotatable bonds is 19. The number of amides is 3. The van der Waals surface area contributed by atoms with Gasteiger partial charge in [-0.25, -0.2) is 4.79 Å². The number of benzene rings is 5. The molecule has 16 rings (SSSR count). The van der Waals surface area contributed by atoms with E-state index in [4.69, 9.17) is 31.4 Å². The number of ether oxygens (including phenoxy) is 3. The third-order valence-corrected chi connectivity index (χ3v) is 27.2. The smallest absolute Gasteiger partial charge is 0.330 e. The maximum atomic E-state index is 14.1. The molecule has 5 fully saturated rings. The van der Waals surface area contributed by atoms with E-state index in [1.807, 2.05) is 49.3 Å². The molecule has 34 heteroatoms. The first-order valence-electron chi connectivity index (χ1n) is 42.3. The maximum absolute atomic E-state index is 14.1. The van der Waals surface area contributed by atoms with E-state index in [1.165, 1.54) is 77.6 Å². The number of likely N-dealkylation sites (N-methyl/N-ethyl adjacent to an activating group) is 3. The highest BCUT2D eigenvalue weighted by Crippen LogP contribution is 2.58. The number of primary amides is 3. The number of likely N-dealkylation sites (tertiary alicyclic amines) is 1. The zero-order valence-corrected chi connectivity index (χ0v) is 72.4. The molecular formula is C94H107N9O25. The van der Waals surface area contributed by atoms with Gasteiger partial charge in [-0.1, -0.05) is 48.5 Å². The maximum Gasteiger partial charge on any atom is 0.330 e. The van der Waals surface area contributed by atoms with Crippen LogP contribution in [0.1, 0.15) is 88.6 Å². The van der Waals surface area contributed by atoms with Crippen LogP contribution in [0, 0.1) is 35.5 Å². The molecule has 5 aromatic rings. The van der Waals surface area contributed by atoms with Crippen molar-refractivity contribution < 1.29 is 123 Å². The van der Waals surface area contributed by atoms with Gasteiger partial charge >= 0.3 is 5.97 Å². The lowest BCUT2D eigenvalue weighted by Gasteiger charge is -2.50. The van der Waals surface area contributed by atoms with Crippen LogP contribution in [-0.4, -0.2) is 300 Å². The highest BCUT2D eigenvalue weighted by molar-refractivity contribution is 6.27. The molecule has 11 aliphatic rings. The number of carbonyl (C=O) groups excluding carboxylic acids is 10. The Morgan fingerprint density at radius 3 is 1.28 bits per heavy atom. The number of hydrogen-bond acceptors (Lipinski definition) is 31. The molecule has 2 saturated heterocycles. The van der Waals surface area contributed by atoms with Gasteiger partial charge in [-0.05, 0) is 231 Å². The van der Waals surface area contributed by atoms with Gasteiger partial charge in [-0.3, -0.25) is 67.7 Å². The van der Waals surface area contributed by atoms with Crippen molar-refractivity contribution in [2.45, 2.75) is 106 Å². The van der Waals surface area contributed by atoms with E-state index in [0.29, 0.717) is 59.7 Å². The molecule has 678 valence electrons. The number of fused-ring (bicyclic) bond motifs is 9. The van der Waals surface area contributed by atoms with Gasteiger partial charge in [0.2, 0.25) is 17.3 Å². The summed E-state index contributed by atoms with van der Waals surface area (Å²) >= 11 is 0. The zero-order chi connectivity index (χ0) is 92.8. The van der Waals surface area contributed by atoms with Crippen LogP contribution in [0.4, 0.5) is 0 Å². The number of aromatic hydroxyl groups is 3. The Kier molecular flexibility index (Phi) is 25.5. The van der Waals surface area contributed by atoms with E-state index >= 15 is 0 Å². The third kappa shape index (κ3) is 15.6. The van der Waals surface area contributed by atoms with Crippen molar-refractivity contribution in [3.05, 3.63) is 186 Å². The van der Waals surface area contributed by atoms with Gasteiger partial charge in [-0.15, -0.1) is 0 Å². The molecule has 0 bridgehead atoms. The number of esters is 1. The summed E-state index contributed by atoms with van der Waals surface area (Å²) in [7, 11) is 14.8. The number of carbonyl (C=O) groups is 10. The molecule has 0 unspecified atom stereocenters. The highest BCUT2D eigenvalue weighted by Gasteiger charge is 2.68. The van der Waals surface area contributed by atoms with Crippen molar-refractivity contribution in [3.63, 3.8) is 0 Å². The number of ketones is 6. The summed E-state index contributed by atoms with van der Waals surface area (Å²) in [4.78, 5) is 142. The molecular weight excluding hydrogens is 1660 g/mol. The number of aliphatic hydroxyl groups is 9. The number of morpholine rings is 1. The van der Waals surface area contributed by atoms with Gasteiger partial charge < -0.3 is 97.6 Å². The van der Waals surface area contributed by atoms with Gasteiger partial charge in [0.05, 0.1) is 61.7 Å². The van der Waals surface area contributed by atoms with Crippen molar-refractivity contribution in [1.29, 1.82) is 0 Å². The fourth-order valence-corrected chi connectivity index (χ4v) is 21.3. The fourth-order valence-electron chi connectivity index (χ4n) is 21.3. The molecule has 9 aliphatic carbocycles. The van der Waals surface area contributed by atoms with Crippen molar-refractivity contribution in [2.24, 2.45) is 52.7 Å². The molecule has 0 radical (unpaired) electrons. The van der Waals surface area contributed by atoms with Gasteiger partial charge in [0.1, 0.15) is 74.3 Å². The predicted octanol–water partition coefficient (Wildman–Crippen LogP) is 4.17. The van der Waals surface area contributed by atoms with Crippen molar-refractivity contribution >= 4 is 81.7 Å². The molecule has 2 heterocycles. The summed E-state index contributed by atoms with van der Waals surface area (Å²) in [5.74, 6) is -20.6. The van der Waals surface area contributed by atoms with Crippen LogP contribution >= 0.6 is 0 Å². The second kappa shape index (κ2) is 35.4. The van der Waals surface area contributed by atoms with Gasteiger partial charge in [0.15, 0.2) is 34.2 Å². The molecule has 0 spiro atoms. The predicted molar refractivity (Wildman–Crippen MR) is 464 cm³/mol. The summed E-state index contributed by atoms with van der Waals surface area (Å²) in [6.07, 6.45) is 6.38. The molecule has 3 amide bonds. The summed E-state index contributed by atoms with van der Waals surface area (Å²) in [6, 6.07) is 19.9. The van der Waals surface area contributed by atoms with Gasteiger partial charge in [0, 0.05) is 78.8 Å². The minimum absolute atomic E-state index is 0.00899. The van der Waals surface area contributed by atoms with E-state index in [9.17, 15) is 109 Å². The molecule has 18 N–H and O–H groups in total. The summed E-state index contributed by atoms with van der Waals surface area (Å²) < 4.78 is 16.4. The minimum Gasteiger partial charge on any atom is -0.508 e. The molecule has 3 saturated carbocycles. The Labute approximate surface area is 736 Å². The van der Waals surface area contributed by atoms with Gasteiger partial charge in [0.25, 0.3) is 17.7 Å². The Bertz CT molecular complexity index is 5740. The van der Waals surface area contributed by atoms with Crippen LogP contribution in [0.25, 0.3) is 45.6 Å². The molecule has 128 heavy (non-hydrogen) atoms. The van der Waals surface area contributed by atoms with E-state index in [2.05, 4.69) is 21.9 Å². The second-order valence-corrected chi connectivity index (χ2v) is 35.6. The van der Waals surface area contributed by atoms with Crippen molar-refractivity contribution in [3.8, 4) is 45.3 Å². The Morgan fingerprint density at radius 2 is 0.867 bits per heavy atom. The average Bonchev–Trinajstić information content (AvgIpc) is 0.784. The Morgan fingerprint density at radius 1 is 0.484 bits per heavy atom. The lowest BCUT2D eigenvalue weighted by molar-refractivity contribution is -0.155. The lowest BCUT2D eigenvalue weighted by atomic mass is 9.57. The number of methoxy groups -OCH3 is 1. The Hall–Kier alpha value is -12.2. The molecule has 2 aliphatic heterocycles.